The zero-order chi connectivity index (χ0) is 16.4. The molecule has 3 nitrogen and oxygen atoms in total. The van der Waals surface area contributed by atoms with Gasteiger partial charge in [0, 0.05) is 5.92 Å². The van der Waals surface area contributed by atoms with E-state index in [1.54, 1.807) is 12.1 Å². The Kier molecular flexibility index (Phi) is 4.22. The van der Waals surface area contributed by atoms with Gasteiger partial charge in [-0.05, 0) is 53.6 Å². The lowest BCUT2D eigenvalue weighted by Crippen LogP contribution is -2.24. The molecule has 1 N–H and O–H groups in total. The molecule has 0 bridgehead atoms. The van der Waals surface area contributed by atoms with Crippen molar-refractivity contribution in [1.29, 1.82) is 0 Å². The second kappa shape index (κ2) is 6.31. The number of halogens is 1. The number of fused-ring (bicyclic) bond motifs is 1. The van der Waals surface area contributed by atoms with Crippen molar-refractivity contribution in [3.63, 3.8) is 0 Å². The fraction of sp³-hybridized carbons (Fsp3) is 0.263. The first-order valence-corrected chi connectivity index (χ1v) is 7.55. The first kappa shape index (κ1) is 15.4. The molecule has 1 aliphatic carbocycles. The van der Waals surface area contributed by atoms with Crippen LogP contribution >= 0.6 is 0 Å². The van der Waals surface area contributed by atoms with E-state index in [1.165, 1.54) is 11.6 Å². The Bertz CT molecular complexity index is 808. The van der Waals surface area contributed by atoms with Crippen LogP contribution in [0.25, 0.3) is 16.0 Å². The minimum Gasteiger partial charge on any atom is -0.389 e. The molecule has 116 valence electrons. The zero-order valence-electron chi connectivity index (χ0n) is 12.6. The SMILES string of the molecule is [C-]#[N+]c1cc(-c2ccc3c(c2)CC(C(=O)CO)CC3)ccc1F. The van der Waals surface area contributed by atoms with Crippen LogP contribution in [0.2, 0.25) is 0 Å². The van der Waals surface area contributed by atoms with Gasteiger partial charge in [0.15, 0.2) is 5.78 Å². The number of benzene rings is 2. The summed E-state index contributed by atoms with van der Waals surface area (Å²) in [6.07, 6.45) is 2.21. The third-order valence-corrected chi connectivity index (χ3v) is 4.45. The van der Waals surface area contributed by atoms with Crippen LogP contribution in [0.4, 0.5) is 10.1 Å². The lowest BCUT2D eigenvalue weighted by molar-refractivity contribution is -0.125. The summed E-state index contributed by atoms with van der Waals surface area (Å²) in [6, 6.07) is 10.5. The second-order valence-corrected chi connectivity index (χ2v) is 5.83. The largest absolute Gasteiger partial charge is 0.389 e. The summed E-state index contributed by atoms with van der Waals surface area (Å²) in [7, 11) is 0. The van der Waals surface area contributed by atoms with E-state index in [-0.39, 0.29) is 17.4 Å². The normalized spacial score (nSPS) is 16.5. The number of nitrogens with zero attached hydrogens (tertiary/aromatic N) is 1. The van der Waals surface area contributed by atoms with E-state index < -0.39 is 12.4 Å². The predicted molar refractivity (Wildman–Crippen MR) is 85.7 cm³/mol. The molecule has 0 saturated carbocycles. The van der Waals surface area contributed by atoms with Crippen molar-refractivity contribution >= 4 is 11.5 Å². The molecular formula is C19H16FNO2. The highest BCUT2D eigenvalue weighted by Crippen LogP contribution is 2.32. The molecule has 0 fully saturated rings. The van der Waals surface area contributed by atoms with Gasteiger partial charge in [0.25, 0.3) is 0 Å². The summed E-state index contributed by atoms with van der Waals surface area (Å²) >= 11 is 0. The number of carbonyl (C=O) groups is 1. The number of hydrogen-bond acceptors (Lipinski definition) is 2. The molecule has 3 rings (SSSR count). The van der Waals surface area contributed by atoms with Crippen molar-refractivity contribution in [3.05, 3.63) is 64.8 Å². The van der Waals surface area contributed by atoms with Crippen LogP contribution in [0, 0.1) is 18.3 Å². The van der Waals surface area contributed by atoms with Gasteiger partial charge in [-0.1, -0.05) is 24.3 Å². The third kappa shape index (κ3) is 3.01. The lowest BCUT2D eigenvalue weighted by Gasteiger charge is -2.23. The van der Waals surface area contributed by atoms with Crippen LogP contribution in [-0.2, 0) is 17.6 Å². The first-order chi connectivity index (χ1) is 11.1. The average molecular weight is 309 g/mol. The van der Waals surface area contributed by atoms with E-state index in [9.17, 15) is 9.18 Å². The maximum Gasteiger partial charge on any atom is 0.222 e. The monoisotopic (exact) mass is 309 g/mol. The van der Waals surface area contributed by atoms with Crippen molar-refractivity contribution in [1.82, 2.24) is 0 Å². The molecule has 2 aromatic rings. The highest BCUT2D eigenvalue weighted by molar-refractivity contribution is 5.82. The highest BCUT2D eigenvalue weighted by Gasteiger charge is 2.24. The maximum atomic E-state index is 13.5. The van der Waals surface area contributed by atoms with Gasteiger partial charge in [0.1, 0.15) is 12.4 Å². The summed E-state index contributed by atoms with van der Waals surface area (Å²) in [6.45, 7) is 6.60. The van der Waals surface area contributed by atoms with E-state index in [0.717, 1.165) is 29.5 Å². The Morgan fingerprint density at radius 3 is 2.70 bits per heavy atom. The topological polar surface area (TPSA) is 41.7 Å². The smallest absolute Gasteiger partial charge is 0.222 e. The number of ketones is 1. The van der Waals surface area contributed by atoms with Gasteiger partial charge in [0.2, 0.25) is 5.69 Å². The number of Topliss-reactive ketones (excluding diaryl/α,β-unsaturated/α-hetero) is 1. The molecule has 0 radical (unpaired) electrons. The number of carbonyl (C=O) groups excluding carboxylic acids is 1. The van der Waals surface area contributed by atoms with Crippen LogP contribution in [0.3, 0.4) is 0 Å². The predicted octanol–water partition coefficient (Wildman–Crippen LogP) is 3.71. The summed E-state index contributed by atoms with van der Waals surface area (Å²) in [5.74, 6) is -0.761. The highest BCUT2D eigenvalue weighted by atomic mass is 19.1. The van der Waals surface area contributed by atoms with Crippen LogP contribution in [0.1, 0.15) is 17.5 Å². The van der Waals surface area contributed by atoms with E-state index in [4.69, 9.17) is 11.7 Å². The molecule has 0 saturated heterocycles. The van der Waals surface area contributed by atoms with E-state index in [1.807, 2.05) is 18.2 Å². The standard InChI is InChI=1S/C19H16FNO2/c1-21-18-10-14(6-7-17(18)20)13-4-2-12-3-5-15(19(23)11-22)9-16(12)8-13/h2,4,6-8,10,15,22H,3,5,9,11H2. The molecule has 1 atom stereocenters. The van der Waals surface area contributed by atoms with Crippen LogP contribution in [-0.4, -0.2) is 17.5 Å². The van der Waals surface area contributed by atoms with E-state index in [2.05, 4.69) is 4.85 Å². The molecule has 0 amide bonds. The Morgan fingerprint density at radius 1 is 1.22 bits per heavy atom. The lowest BCUT2D eigenvalue weighted by atomic mass is 9.81. The second-order valence-electron chi connectivity index (χ2n) is 5.83. The average Bonchev–Trinajstić information content (AvgIpc) is 2.60. The van der Waals surface area contributed by atoms with Crippen molar-refractivity contribution in [2.45, 2.75) is 19.3 Å². The number of aliphatic hydroxyl groups excluding tert-OH is 1. The maximum absolute atomic E-state index is 13.5. The van der Waals surface area contributed by atoms with Crippen LogP contribution < -0.4 is 0 Å². The summed E-state index contributed by atoms with van der Waals surface area (Å²) in [5, 5.41) is 9.04. The number of hydrogen-bond donors (Lipinski definition) is 1. The zero-order valence-corrected chi connectivity index (χ0v) is 12.6. The van der Waals surface area contributed by atoms with Gasteiger partial charge in [-0.2, -0.15) is 0 Å². The molecule has 1 unspecified atom stereocenters. The molecule has 0 aliphatic heterocycles. The molecule has 1 aliphatic rings. The third-order valence-electron chi connectivity index (χ3n) is 4.45. The molecule has 0 heterocycles. The molecule has 0 aromatic heterocycles. The number of aliphatic hydroxyl groups is 1. The minimum atomic E-state index is -0.518. The Balaban J connectivity index is 1.95. The van der Waals surface area contributed by atoms with Crippen molar-refractivity contribution in [2.75, 3.05) is 6.61 Å². The number of aryl methyl sites for hydroxylation is 1. The van der Waals surface area contributed by atoms with Gasteiger partial charge in [-0.25, -0.2) is 9.24 Å². The van der Waals surface area contributed by atoms with Gasteiger partial charge >= 0.3 is 0 Å². The Labute approximate surface area is 134 Å². The fourth-order valence-electron chi connectivity index (χ4n) is 3.12. The van der Waals surface area contributed by atoms with E-state index in [0.29, 0.717) is 6.42 Å². The Hall–Kier alpha value is -2.51. The van der Waals surface area contributed by atoms with Crippen LogP contribution in [0.5, 0.6) is 0 Å². The van der Waals surface area contributed by atoms with Crippen molar-refractivity contribution < 1.29 is 14.3 Å². The molecule has 0 spiro atoms. The fourth-order valence-corrected chi connectivity index (χ4v) is 3.12. The quantitative estimate of drug-likeness (QED) is 0.878. The van der Waals surface area contributed by atoms with Crippen LogP contribution in [0.15, 0.2) is 36.4 Å². The van der Waals surface area contributed by atoms with Gasteiger partial charge in [-0.15, -0.1) is 0 Å². The van der Waals surface area contributed by atoms with Gasteiger partial charge in [-0.3, -0.25) is 4.79 Å². The first-order valence-electron chi connectivity index (χ1n) is 7.55. The summed E-state index contributed by atoms with van der Waals surface area (Å²) in [5.41, 5.74) is 4.01. The molecule has 4 heteroatoms. The molecule has 2 aromatic carbocycles. The minimum absolute atomic E-state index is 0.00792. The number of rotatable bonds is 3. The van der Waals surface area contributed by atoms with Gasteiger partial charge < -0.3 is 5.11 Å². The summed E-state index contributed by atoms with van der Waals surface area (Å²) in [4.78, 5) is 14.9. The van der Waals surface area contributed by atoms with Crippen molar-refractivity contribution in [2.24, 2.45) is 5.92 Å². The molecule has 23 heavy (non-hydrogen) atoms. The summed E-state index contributed by atoms with van der Waals surface area (Å²) < 4.78 is 13.5. The van der Waals surface area contributed by atoms with Gasteiger partial charge in [0.05, 0.1) is 6.57 Å². The Morgan fingerprint density at radius 2 is 1.96 bits per heavy atom. The van der Waals surface area contributed by atoms with Crippen molar-refractivity contribution in [3.8, 4) is 11.1 Å². The van der Waals surface area contributed by atoms with E-state index >= 15 is 0 Å². The molecular weight excluding hydrogens is 293 g/mol.